The van der Waals surface area contributed by atoms with E-state index in [1.54, 1.807) is 0 Å². The molecule has 0 unspecified atom stereocenters. The van der Waals surface area contributed by atoms with Gasteiger partial charge in [-0.1, -0.05) is 0 Å². The lowest BCUT2D eigenvalue weighted by atomic mass is 10.0. The molecule has 0 aliphatic carbocycles. The fourth-order valence-corrected chi connectivity index (χ4v) is 3.26. The summed E-state index contributed by atoms with van der Waals surface area (Å²) in [6.07, 6.45) is 8.15. The Morgan fingerprint density at radius 2 is 2.23 bits per heavy atom. The van der Waals surface area contributed by atoms with E-state index in [0.717, 1.165) is 37.6 Å². The summed E-state index contributed by atoms with van der Waals surface area (Å²) >= 11 is 0. The maximum atomic E-state index is 12.4. The zero-order chi connectivity index (χ0) is 16.2. The molecule has 1 saturated heterocycles. The second-order valence-electron chi connectivity index (χ2n) is 5.89. The summed E-state index contributed by atoms with van der Waals surface area (Å²) in [6.45, 7) is 3.58. The summed E-state index contributed by atoms with van der Waals surface area (Å²) in [5, 5.41) is 4.29. The molecule has 1 aromatic heterocycles. The van der Waals surface area contributed by atoms with Crippen LogP contribution in [0.3, 0.4) is 0 Å². The first-order valence-electron chi connectivity index (χ1n) is 7.58. The smallest absolute Gasteiger partial charge is 0.224 e. The maximum Gasteiger partial charge on any atom is 0.224 e. The van der Waals surface area contributed by atoms with E-state index in [1.807, 2.05) is 28.9 Å². The van der Waals surface area contributed by atoms with Gasteiger partial charge in [0.2, 0.25) is 15.9 Å². The van der Waals surface area contributed by atoms with Gasteiger partial charge in [0.25, 0.3) is 0 Å². The van der Waals surface area contributed by atoms with Gasteiger partial charge < -0.3 is 4.90 Å². The van der Waals surface area contributed by atoms with Gasteiger partial charge in [0.1, 0.15) is 0 Å². The van der Waals surface area contributed by atoms with E-state index >= 15 is 0 Å². The number of rotatable bonds is 6. The number of hydrogen-bond acceptors (Lipinski definition) is 4. The second kappa shape index (κ2) is 7.23. The van der Waals surface area contributed by atoms with Crippen LogP contribution in [0.5, 0.6) is 0 Å². The number of carbonyl (C=O) groups excluding carboxylic acids is 1. The second-order valence-corrected chi connectivity index (χ2v) is 7.73. The van der Waals surface area contributed by atoms with E-state index in [-0.39, 0.29) is 24.9 Å². The highest BCUT2D eigenvalue weighted by Gasteiger charge is 2.26. The van der Waals surface area contributed by atoms with E-state index in [1.165, 1.54) is 0 Å². The highest BCUT2D eigenvalue weighted by atomic mass is 32.2. The Balaban J connectivity index is 1.92. The van der Waals surface area contributed by atoms with Crippen LogP contribution < -0.4 is 4.72 Å². The number of likely N-dealkylation sites (tertiary alicyclic amines) is 1. The SMILES string of the molecule is Cc1cnn(C[C@@H]2CCCCN2C(=O)CCNS(C)(=O)=O)c1. The zero-order valence-electron chi connectivity index (χ0n) is 13.2. The Hall–Kier alpha value is -1.41. The van der Waals surface area contributed by atoms with Gasteiger partial charge in [-0.15, -0.1) is 0 Å². The minimum atomic E-state index is -3.24. The molecule has 1 atom stereocenters. The lowest BCUT2D eigenvalue weighted by molar-refractivity contribution is -0.135. The number of nitrogens with one attached hydrogen (secondary N) is 1. The van der Waals surface area contributed by atoms with Gasteiger partial charge in [-0.3, -0.25) is 9.48 Å². The van der Waals surface area contributed by atoms with Gasteiger partial charge in [0, 0.05) is 25.7 Å². The Morgan fingerprint density at radius 1 is 1.45 bits per heavy atom. The summed E-state index contributed by atoms with van der Waals surface area (Å²) < 4.78 is 26.3. The normalized spacial score (nSPS) is 19.4. The summed E-state index contributed by atoms with van der Waals surface area (Å²) in [7, 11) is -3.24. The number of aryl methyl sites for hydroxylation is 1. The third-order valence-electron chi connectivity index (χ3n) is 3.81. The molecule has 124 valence electrons. The molecule has 0 radical (unpaired) electrons. The molecule has 1 aliphatic rings. The van der Waals surface area contributed by atoms with Crippen LogP contribution in [-0.4, -0.2) is 54.4 Å². The van der Waals surface area contributed by atoms with E-state index in [9.17, 15) is 13.2 Å². The molecule has 2 heterocycles. The van der Waals surface area contributed by atoms with Crippen molar-refractivity contribution in [2.24, 2.45) is 0 Å². The largest absolute Gasteiger partial charge is 0.338 e. The number of nitrogens with zero attached hydrogens (tertiary/aromatic N) is 3. The van der Waals surface area contributed by atoms with Crippen molar-refractivity contribution in [2.75, 3.05) is 19.3 Å². The Labute approximate surface area is 131 Å². The molecule has 1 amide bonds. The number of sulfonamides is 1. The van der Waals surface area contributed by atoms with Gasteiger partial charge in [-0.2, -0.15) is 5.10 Å². The van der Waals surface area contributed by atoms with Crippen molar-refractivity contribution in [3.8, 4) is 0 Å². The van der Waals surface area contributed by atoms with Crippen LogP contribution in [0, 0.1) is 6.92 Å². The third-order valence-corrected chi connectivity index (χ3v) is 4.54. The van der Waals surface area contributed by atoms with Crippen LogP contribution in [0.25, 0.3) is 0 Å². The first-order valence-corrected chi connectivity index (χ1v) is 9.47. The highest BCUT2D eigenvalue weighted by Crippen LogP contribution is 2.19. The summed E-state index contributed by atoms with van der Waals surface area (Å²) in [6, 6.07) is 0.138. The molecule has 7 nitrogen and oxygen atoms in total. The van der Waals surface area contributed by atoms with Gasteiger partial charge >= 0.3 is 0 Å². The van der Waals surface area contributed by atoms with E-state index in [4.69, 9.17) is 0 Å². The minimum Gasteiger partial charge on any atom is -0.338 e. The first kappa shape index (κ1) is 17.0. The van der Waals surface area contributed by atoms with Crippen molar-refractivity contribution in [3.63, 3.8) is 0 Å². The third kappa shape index (κ3) is 5.10. The monoisotopic (exact) mass is 328 g/mol. The predicted molar refractivity (Wildman–Crippen MR) is 83.8 cm³/mol. The maximum absolute atomic E-state index is 12.4. The molecular weight excluding hydrogens is 304 g/mol. The molecule has 22 heavy (non-hydrogen) atoms. The molecule has 1 N–H and O–H groups in total. The van der Waals surface area contributed by atoms with Crippen LogP contribution >= 0.6 is 0 Å². The number of aromatic nitrogens is 2. The highest BCUT2D eigenvalue weighted by molar-refractivity contribution is 7.88. The summed E-state index contributed by atoms with van der Waals surface area (Å²) in [5.41, 5.74) is 1.10. The van der Waals surface area contributed by atoms with Gasteiger partial charge in [0.15, 0.2) is 0 Å². The molecule has 1 aromatic rings. The Kier molecular flexibility index (Phi) is 5.57. The van der Waals surface area contributed by atoms with Crippen molar-refractivity contribution in [3.05, 3.63) is 18.0 Å². The van der Waals surface area contributed by atoms with Crippen molar-refractivity contribution >= 4 is 15.9 Å². The molecular formula is C14H24N4O3S. The fraction of sp³-hybridized carbons (Fsp3) is 0.714. The lowest BCUT2D eigenvalue weighted by Crippen LogP contribution is -2.46. The first-order chi connectivity index (χ1) is 10.3. The average molecular weight is 328 g/mol. The molecule has 0 spiro atoms. The van der Waals surface area contributed by atoms with Crippen LogP contribution in [0.2, 0.25) is 0 Å². The van der Waals surface area contributed by atoms with E-state index in [0.29, 0.717) is 6.54 Å². The number of hydrogen-bond donors (Lipinski definition) is 1. The molecule has 1 fully saturated rings. The minimum absolute atomic E-state index is 0.00438. The quantitative estimate of drug-likeness (QED) is 0.825. The Morgan fingerprint density at radius 3 is 2.86 bits per heavy atom. The number of carbonyl (C=O) groups is 1. The van der Waals surface area contributed by atoms with Crippen LogP contribution in [0.4, 0.5) is 0 Å². The predicted octanol–water partition coefficient (Wildman–Crippen LogP) is 0.512. The lowest BCUT2D eigenvalue weighted by Gasteiger charge is -2.35. The van der Waals surface area contributed by atoms with Gasteiger partial charge in [-0.05, 0) is 31.7 Å². The molecule has 0 aromatic carbocycles. The van der Waals surface area contributed by atoms with Crippen molar-refractivity contribution in [1.82, 2.24) is 19.4 Å². The van der Waals surface area contributed by atoms with Gasteiger partial charge in [-0.25, -0.2) is 13.1 Å². The summed E-state index contributed by atoms with van der Waals surface area (Å²) in [5.74, 6) is 0.00438. The van der Waals surface area contributed by atoms with Crippen LogP contribution in [-0.2, 0) is 21.4 Å². The van der Waals surface area contributed by atoms with Crippen molar-refractivity contribution < 1.29 is 13.2 Å². The van der Waals surface area contributed by atoms with Crippen molar-refractivity contribution in [1.29, 1.82) is 0 Å². The fourth-order valence-electron chi connectivity index (χ4n) is 2.79. The molecule has 1 aliphatic heterocycles. The summed E-state index contributed by atoms with van der Waals surface area (Å²) in [4.78, 5) is 14.2. The molecule has 2 rings (SSSR count). The van der Waals surface area contributed by atoms with Crippen molar-refractivity contribution in [2.45, 2.75) is 45.2 Å². The van der Waals surface area contributed by atoms with Crippen LogP contribution in [0.1, 0.15) is 31.2 Å². The standard InChI is InChI=1S/C14H24N4O3S/c1-12-9-15-17(10-12)11-13-5-3-4-8-18(13)14(19)6-7-16-22(2,20)21/h9-10,13,16H,3-8,11H2,1-2H3/t13-/m0/s1. The zero-order valence-corrected chi connectivity index (χ0v) is 14.0. The molecule has 8 heteroatoms. The van der Waals surface area contributed by atoms with Gasteiger partial charge in [0.05, 0.1) is 25.0 Å². The number of amides is 1. The van der Waals surface area contributed by atoms with E-state index in [2.05, 4.69) is 9.82 Å². The molecule has 0 bridgehead atoms. The average Bonchev–Trinajstić information content (AvgIpc) is 2.83. The Bertz CT molecular complexity index is 611. The van der Waals surface area contributed by atoms with E-state index < -0.39 is 10.0 Å². The van der Waals surface area contributed by atoms with Crippen LogP contribution in [0.15, 0.2) is 12.4 Å². The topological polar surface area (TPSA) is 84.3 Å². The molecule has 0 saturated carbocycles. The number of piperidine rings is 1.